The van der Waals surface area contributed by atoms with Gasteiger partial charge in [0, 0.05) is 52.6 Å². The zero-order valence-electron chi connectivity index (χ0n) is 25.0. The van der Waals surface area contributed by atoms with E-state index in [-0.39, 0.29) is 33.4 Å². The number of rotatable bonds is 8. The van der Waals surface area contributed by atoms with Crippen molar-refractivity contribution >= 4 is 62.4 Å². The molecule has 47 heavy (non-hydrogen) atoms. The first-order valence-corrected chi connectivity index (χ1v) is 15.8. The molecule has 3 heterocycles. The smallest absolute Gasteiger partial charge is 0.335 e. The van der Waals surface area contributed by atoms with E-state index < -0.39 is 48.5 Å². The summed E-state index contributed by atoms with van der Waals surface area (Å²) in [6.45, 7) is 3.63. The fourth-order valence-electron chi connectivity index (χ4n) is 5.19. The summed E-state index contributed by atoms with van der Waals surface area (Å²) >= 11 is 9.63. The molecule has 14 nitrogen and oxygen atoms in total. The zero-order chi connectivity index (χ0) is 33.8. The number of hydrogen-bond acceptors (Lipinski definition) is 11. The van der Waals surface area contributed by atoms with Crippen LogP contribution in [-0.2, 0) is 9.53 Å². The van der Waals surface area contributed by atoms with Gasteiger partial charge in [0.25, 0.3) is 11.8 Å². The van der Waals surface area contributed by atoms with E-state index in [0.717, 1.165) is 38.3 Å². The van der Waals surface area contributed by atoms with Gasteiger partial charge >= 0.3 is 5.97 Å². The van der Waals surface area contributed by atoms with Crippen molar-refractivity contribution in [3.05, 3.63) is 75.5 Å². The van der Waals surface area contributed by atoms with Gasteiger partial charge in [0.2, 0.25) is 6.29 Å². The van der Waals surface area contributed by atoms with Crippen LogP contribution in [0.3, 0.4) is 0 Å². The van der Waals surface area contributed by atoms with Gasteiger partial charge in [-0.15, -0.1) is 0 Å². The number of halogens is 2. The second-order valence-corrected chi connectivity index (χ2v) is 12.5. The Balaban J connectivity index is 1.46. The summed E-state index contributed by atoms with van der Waals surface area (Å²) in [6, 6.07) is 12.7. The third-order valence-electron chi connectivity index (χ3n) is 7.78. The van der Waals surface area contributed by atoms with Gasteiger partial charge in [0.05, 0.1) is 5.69 Å². The van der Waals surface area contributed by atoms with Crippen LogP contribution in [0.25, 0.3) is 0 Å². The first-order valence-electron chi connectivity index (χ1n) is 14.6. The Kier molecular flexibility index (Phi) is 11.0. The van der Waals surface area contributed by atoms with E-state index in [9.17, 15) is 34.8 Å². The summed E-state index contributed by atoms with van der Waals surface area (Å²) in [5, 5.41) is 45.8. The standard InChI is InChI=1S/C31H33BrClN5O9/c1-37-9-2-10-38(12-11-37)19-6-3-16(4-7-19)28(42)36-23-21(35-29(43)20-8-5-17(32)15-34-20)13-18(33)14-22(23)46-31-26(41)24(39)25(40)27(47-31)30(44)45/h3-8,13-15,24-27,31,39-41H,2,9-12H2,1H3,(H,35,43)(H,36,42)(H,44,45)/t24-,25-,26+,27-,31+/m0/s1. The Morgan fingerprint density at radius 2 is 1.70 bits per heavy atom. The molecule has 2 aliphatic rings. The lowest BCUT2D eigenvalue weighted by atomic mass is 9.99. The van der Waals surface area contributed by atoms with Gasteiger partial charge in [-0.05, 0) is 78.4 Å². The van der Waals surface area contributed by atoms with Gasteiger partial charge in [-0.3, -0.25) is 9.59 Å². The third-order valence-corrected chi connectivity index (χ3v) is 8.47. The SMILES string of the molecule is CN1CCCN(c2ccc(C(=O)Nc3c(NC(=O)c4ccc(Br)cn4)cc(Cl)cc3O[C@@H]3O[C@H](C(=O)O)[C@@H](O)[C@H](O)[C@H]3O)cc2)CC1. The molecule has 0 saturated carbocycles. The molecule has 0 spiro atoms. The maximum absolute atomic E-state index is 13.6. The van der Waals surface area contributed by atoms with Gasteiger partial charge in [0.15, 0.2) is 6.10 Å². The van der Waals surface area contributed by atoms with Crippen molar-refractivity contribution in [2.75, 3.05) is 48.8 Å². The Bertz CT molecular complexity index is 1610. The topological polar surface area (TPSA) is 194 Å². The predicted octanol–water partition coefficient (Wildman–Crippen LogP) is 2.42. The van der Waals surface area contributed by atoms with E-state index in [1.807, 2.05) is 12.1 Å². The van der Waals surface area contributed by atoms with Gasteiger partial charge in [-0.25, -0.2) is 9.78 Å². The first-order chi connectivity index (χ1) is 22.4. The van der Waals surface area contributed by atoms with Crippen molar-refractivity contribution in [3.63, 3.8) is 0 Å². The number of aliphatic hydroxyl groups is 3. The van der Waals surface area contributed by atoms with Crippen molar-refractivity contribution in [2.45, 2.75) is 37.1 Å². The molecule has 2 amide bonds. The third kappa shape index (κ3) is 8.19. The zero-order valence-corrected chi connectivity index (χ0v) is 27.4. The molecule has 5 atom stereocenters. The number of anilines is 3. The first kappa shape index (κ1) is 34.5. The minimum Gasteiger partial charge on any atom is -0.479 e. The summed E-state index contributed by atoms with van der Waals surface area (Å²) in [5.74, 6) is -3.11. The number of likely N-dealkylation sites (N-methyl/N-ethyl adjacent to an activating group) is 1. The molecule has 6 N–H and O–H groups in total. The molecule has 16 heteroatoms. The van der Waals surface area contributed by atoms with Crippen LogP contribution in [0, 0.1) is 0 Å². The highest BCUT2D eigenvalue weighted by molar-refractivity contribution is 9.10. The number of pyridine rings is 1. The summed E-state index contributed by atoms with van der Waals surface area (Å²) in [4.78, 5) is 47.0. The number of aliphatic carboxylic acids is 1. The summed E-state index contributed by atoms with van der Waals surface area (Å²) < 4.78 is 11.7. The summed E-state index contributed by atoms with van der Waals surface area (Å²) in [7, 11) is 2.08. The second-order valence-electron chi connectivity index (χ2n) is 11.1. The second kappa shape index (κ2) is 14.9. The van der Waals surface area contributed by atoms with Crippen molar-refractivity contribution in [1.82, 2.24) is 9.88 Å². The van der Waals surface area contributed by atoms with Crippen molar-refractivity contribution < 1.29 is 44.3 Å². The molecule has 2 aliphatic heterocycles. The Morgan fingerprint density at radius 3 is 2.38 bits per heavy atom. The fourth-order valence-corrected chi connectivity index (χ4v) is 5.63. The number of nitrogens with zero attached hydrogens (tertiary/aromatic N) is 3. The van der Waals surface area contributed by atoms with Crippen LogP contribution >= 0.6 is 27.5 Å². The highest BCUT2D eigenvalue weighted by Gasteiger charge is 2.48. The van der Waals surface area contributed by atoms with E-state index in [4.69, 9.17) is 21.1 Å². The monoisotopic (exact) mass is 733 g/mol. The average molecular weight is 735 g/mol. The van der Waals surface area contributed by atoms with Crippen LogP contribution in [0.1, 0.15) is 27.3 Å². The van der Waals surface area contributed by atoms with E-state index in [2.05, 4.69) is 48.4 Å². The maximum Gasteiger partial charge on any atom is 0.335 e. The van der Waals surface area contributed by atoms with E-state index >= 15 is 0 Å². The van der Waals surface area contributed by atoms with Gasteiger partial charge < -0.3 is 50.3 Å². The quantitative estimate of drug-likeness (QED) is 0.198. The molecule has 2 saturated heterocycles. The summed E-state index contributed by atoms with van der Waals surface area (Å²) in [5.41, 5.74) is 1.12. The lowest BCUT2D eigenvalue weighted by Crippen LogP contribution is -2.61. The molecule has 0 bridgehead atoms. The molecule has 0 radical (unpaired) electrons. The highest BCUT2D eigenvalue weighted by atomic mass is 79.9. The number of carbonyl (C=O) groups is 3. The van der Waals surface area contributed by atoms with Gasteiger partial charge in [0.1, 0.15) is 35.4 Å². The molecule has 0 aliphatic carbocycles. The average Bonchev–Trinajstić information content (AvgIpc) is 3.27. The van der Waals surface area contributed by atoms with E-state index in [1.54, 1.807) is 18.2 Å². The molecule has 250 valence electrons. The number of carboxylic acid groups (broad SMARTS) is 1. The molecule has 2 aromatic carbocycles. The number of nitrogens with one attached hydrogen (secondary N) is 2. The van der Waals surface area contributed by atoms with Crippen LogP contribution in [0.2, 0.25) is 5.02 Å². The number of ether oxygens (including phenoxy) is 2. The van der Waals surface area contributed by atoms with Crippen LogP contribution < -0.4 is 20.3 Å². The number of hydrogen-bond donors (Lipinski definition) is 6. The van der Waals surface area contributed by atoms with Crippen LogP contribution in [-0.4, -0.2) is 112 Å². The van der Waals surface area contributed by atoms with E-state index in [1.165, 1.54) is 24.4 Å². The van der Waals surface area contributed by atoms with Crippen LogP contribution in [0.5, 0.6) is 5.75 Å². The van der Waals surface area contributed by atoms with Crippen molar-refractivity contribution in [1.29, 1.82) is 0 Å². The number of carboxylic acids is 1. The predicted molar refractivity (Wildman–Crippen MR) is 175 cm³/mol. The molecule has 1 aromatic heterocycles. The minimum atomic E-state index is -1.95. The summed E-state index contributed by atoms with van der Waals surface area (Å²) in [6.07, 6.45) is -7.14. The van der Waals surface area contributed by atoms with Crippen LogP contribution in [0.4, 0.5) is 17.1 Å². The number of benzene rings is 2. The number of amides is 2. The Labute approximate surface area is 283 Å². The van der Waals surface area contributed by atoms with Crippen molar-refractivity contribution in [3.8, 4) is 5.75 Å². The van der Waals surface area contributed by atoms with Crippen molar-refractivity contribution in [2.24, 2.45) is 0 Å². The normalized spacial score (nSPS) is 23.4. The largest absolute Gasteiger partial charge is 0.479 e. The molecular weight excluding hydrogens is 702 g/mol. The highest BCUT2D eigenvalue weighted by Crippen LogP contribution is 2.39. The van der Waals surface area contributed by atoms with Gasteiger partial charge in [-0.2, -0.15) is 0 Å². The molecule has 5 rings (SSSR count). The molecule has 2 fully saturated rings. The van der Waals surface area contributed by atoms with Crippen LogP contribution in [0.15, 0.2) is 59.2 Å². The maximum atomic E-state index is 13.6. The molecule has 3 aromatic rings. The lowest BCUT2D eigenvalue weighted by molar-refractivity contribution is -0.271. The Hall–Kier alpha value is -3.83. The van der Waals surface area contributed by atoms with Gasteiger partial charge in [-0.1, -0.05) is 11.6 Å². The lowest BCUT2D eigenvalue weighted by Gasteiger charge is -2.38. The number of carbonyl (C=O) groups excluding carboxylic acids is 2. The molecular formula is C31H33BrClN5O9. The number of aromatic nitrogens is 1. The minimum absolute atomic E-state index is 0.0187. The number of aliphatic hydroxyl groups excluding tert-OH is 3. The Morgan fingerprint density at radius 1 is 0.957 bits per heavy atom. The van der Waals surface area contributed by atoms with E-state index in [0.29, 0.717) is 4.47 Å². The molecule has 0 unspecified atom stereocenters. The fraction of sp³-hybridized carbons (Fsp3) is 0.355.